The van der Waals surface area contributed by atoms with Crippen molar-refractivity contribution in [3.63, 3.8) is 0 Å². The maximum absolute atomic E-state index is 4.44. The summed E-state index contributed by atoms with van der Waals surface area (Å²) in [6.07, 6.45) is 2.72. The second-order valence-corrected chi connectivity index (χ2v) is 4.53. The van der Waals surface area contributed by atoms with Gasteiger partial charge < -0.3 is 4.90 Å². The quantitative estimate of drug-likeness (QED) is 0.848. The first-order chi connectivity index (χ1) is 7.16. The molecule has 4 nitrogen and oxygen atoms in total. The zero-order valence-electron chi connectivity index (χ0n) is 8.81. The number of fused-ring (bicyclic) bond motifs is 1. The van der Waals surface area contributed by atoms with Gasteiger partial charge in [0.05, 0.1) is 11.7 Å². The van der Waals surface area contributed by atoms with E-state index in [0.29, 0.717) is 0 Å². The molecule has 80 valence electrons. The van der Waals surface area contributed by atoms with E-state index >= 15 is 0 Å². The van der Waals surface area contributed by atoms with Crippen LogP contribution >= 0.6 is 15.9 Å². The van der Waals surface area contributed by atoms with E-state index in [-0.39, 0.29) is 0 Å². The molecule has 0 bridgehead atoms. The molecular weight excluding hydrogens is 256 g/mol. The lowest BCUT2D eigenvalue weighted by atomic mass is 10.4. The van der Waals surface area contributed by atoms with Crippen molar-refractivity contribution in [3.05, 3.63) is 28.8 Å². The smallest absolute Gasteiger partial charge is 0.150 e. The minimum absolute atomic E-state index is 0.869. The van der Waals surface area contributed by atoms with Gasteiger partial charge in [0.15, 0.2) is 5.82 Å². The zero-order valence-corrected chi connectivity index (χ0v) is 10.4. The van der Waals surface area contributed by atoms with Crippen molar-refractivity contribution in [3.8, 4) is 0 Å². The van der Waals surface area contributed by atoms with Crippen molar-refractivity contribution in [1.29, 1.82) is 0 Å². The van der Waals surface area contributed by atoms with E-state index in [1.54, 1.807) is 0 Å². The largest absolute Gasteiger partial charge is 0.309 e. The van der Waals surface area contributed by atoms with Crippen LogP contribution in [0.25, 0.3) is 5.52 Å². The van der Waals surface area contributed by atoms with Gasteiger partial charge in [-0.05, 0) is 42.2 Å². The Hall–Kier alpha value is -0.940. The van der Waals surface area contributed by atoms with Crippen molar-refractivity contribution in [1.82, 2.24) is 19.5 Å². The summed E-state index contributed by atoms with van der Waals surface area (Å²) in [5.41, 5.74) is 1.01. The molecule has 0 aliphatic heterocycles. The lowest BCUT2D eigenvalue weighted by Gasteiger charge is -2.08. The van der Waals surface area contributed by atoms with Gasteiger partial charge in [-0.3, -0.25) is 0 Å². The highest BCUT2D eigenvalue weighted by Gasteiger charge is 2.03. The molecule has 0 saturated carbocycles. The summed E-state index contributed by atoms with van der Waals surface area (Å²) in [7, 11) is 4.09. The summed E-state index contributed by atoms with van der Waals surface area (Å²) in [6.45, 7) is 0.963. The van der Waals surface area contributed by atoms with Gasteiger partial charge in [-0.15, -0.1) is 0 Å². The molecule has 0 radical (unpaired) electrons. The number of rotatable bonds is 3. The molecule has 0 aromatic carbocycles. The van der Waals surface area contributed by atoms with Crippen LogP contribution in [0.2, 0.25) is 0 Å². The van der Waals surface area contributed by atoms with Gasteiger partial charge in [0.25, 0.3) is 0 Å². The predicted octanol–water partition coefficient (Wildman–Crippen LogP) is 1.60. The third-order valence-electron chi connectivity index (χ3n) is 2.18. The summed E-state index contributed by atoms with van der Waals surface area (Å²) in [4.78, 5) is 6.44. The minimum atomic E-state index is 0.869. The van der Waals surface area contributed by atoms with E-state index in [4.69, 9.17) is 0 Å². The molecule has 0 saturated heterocycles. The van der Waals surface area contributed by atoms with Gasteiger partial charge in [-0.2, -0.15) is 5.10 Å². The van der Waals surface area contributed by atoms with Gasteiger partial charge >= 0.3 is 0 Å². The summed E-state index contributed by atoms with van der Waals surface area (Å²) in [5.74, 6) is 0.869. The predicted molar refractivity (Wildman–Crippen MR) is 62.9 cm³/mol. The second-order valence-electron chi connectivity index (χ2n) is 3.72. The maximum Gasteiger partial charge on any atom is 0.150 e. The first kappa shape index (κ1) is 10.6. The van der Waals surface area contributed by atoms with Crippen molar-refractivity contribution in [2.45, 2.75) is 6.42 Å². The second kappa shape index (κ2) is 4.28. The molecule has 2 heterocycles. The van der Waals surface area contributed by atoms with Gasteiger partial charge in [-0.1, -0.05) is 0 Å². The van der Waals surface area contributed by atoms with E-state index < -0.39 is 0 Å². The fourth-order valence-corrected chi connectivity index (χ4v) is 1.76. The van der Waals surface area contributed by atoms with Crippen LogP contribution in [0.1, 0.15) is 5.82 Å². The number of halogens is 1. The van der Waals surface area contributed by atoms with Crippen molar-refractivity contribution in [2.75, 3.05) is 20.6 Å². The molecule has 0 atom stereocenters. The number of aromatic nitrogens is 3. The molecule has 0 aliphatic carbocycles. The monoisotopic (exact) mass is 268 g/mol. The Morgan fingerprint density at radius 1 is 1.40 bits per heavy atom. The van der Waals surface area contributed by atoms with Gasteiger partial charge in [0.2, 0.25) is 0 Å². The SMILES string of the molecule is CN(C)CCc1ncc2ccc(Br)n2n1. The third kappa shape index (κ3) is 2.35. The first-order valence-electron chi connectivity index (χ1n) is 4.81. The average Bonchev–Trinajstić information content (AvgIpc) is 2.57. The van der Waals surface area contributed by atoms with Gasteiger partial charge in [-0.25, -0.2) is 9.50 Å². The Balaban J connectivity index is 2.25. The molecule has 2 rings (SSSR count). The highest BCUT2D eigenvalue weighted by atomic mass is 79.9. The molecule has 0 fully saturated rings. The molecule has 0 N–H and O–H groups in total. The van der Waals surface area contributed by atoms with Crippen LogP contribution in [-0.4, -0.2) is 40.1 Å². The standard InChI is InChI=1S/C10H13BrN4/c1-14(2)6-5-10-12-7-8-3-4-9(11)15(8)13-10/h3-4,7H,5-6H2,1-2H3. The van der Waals surface area contributed by atoms with Crippen LogP contribution in [0.15, 0.2) is 22.9 Å². The molecule has 0 unspecified atom stereocenters. The summed E-state index contributed by atoms with van der Waals surface area (Å²) < 4.78 is 2.82. The van der Waals surface area contributed by atoms with Crippen molar-refractivity contribution in [2.24, 2.45) is 0 Å². The summed E-state index contributed by atoms with van der Waals surface area (Å²) in [6, 6.07) is 3.96. The molecule has 0 amide bonds. The highest BCUT2D eigenvalue weighted by molar-refractivity contribution is 9.10. The molecular formula is C10H13BrN4. The molecule has 0 spiro atoms. The fourth-order valence-electron chi connectivity index (χ4n) is 1.34. The average molecular weight is 269 g/mol. The molecule has 2 aromatic heterocycles. The first-order valence-corrected chi connectivity index (χ1v) is 5.60. The number of likely N-dealkylation sites (N-methyl/N-ethyl adjacent to an activating group) is 1. The van der Waals surface area contributed by atoms with Crippen LogP contribution in [0.5, 0.6) is 0 Å². The maximum atomic E-state index is 4.44. The summed E-state index contributed by atoms with van der Waals surface area (Å²) in [5, 5.41) is 4.44. The Morgan fingerprint density at radius 3 is 2.93 bits per heavy atom. The van der Waals surface area contributed by atoms with E-state index in [0.717, 1.165) is 28.9 Å². The Kier molecular flexibility index (Phi) is 3.02. The summed E-state index contributed by atoms with van der Waals surface area (Å²) >= 11 is 3.44. The minimum Gasteiger partial charge on any atom is -0.309 e. The third-order valence-corrected chi connectivity index (χ3v) is 2.78. The highest BCUT2D eigenvalue weighted by Crippen LogP contribution is 2.13. The van der Waals surface area contributed by atoms with Crippen molar-refractivity contribution >= 4 is 21.4 Å². The molecule has 2 aromatic rings. The number of hydrogen-bond donors (Lipinski definition) is 0. The van der Waals surface area contributed by atoms with Crippen LogP contribution in [0.4, 0.5) is 0 Å². The van der Waals surface area contributed by atoms with Crippen LogP contribution in [0, 0.1) is 0 Å². The van der Waals surface area contributed by atoms with E-state index in [2.05, 4.69) is 30.9 Å². The van der Waals surface area contributed by atoms with Crippen LogP contribution in [0.3, 0.4) is 0 Å². The van der Waals surface area contributed by atoms with E-state index in [1.165, 1.54) is 0 Å². The van der Waals surface area contributed by atoms with Gasteiger partial charge in [0, 0.05) is 13.0 Å². The number of nitrogens with zero attached hydrogens (tertiary/aromatic N) is 4. The normalized spacial score (nSPS) is 11.5. The zero-order chi connectivity index (χ0) is 10.8. The van der Waals surface area contributed by atoms with Gasteiger partial charge in [0.1, 0.15) is 4.60 Å². The fraction of sp³-hybridized carbons (Fsp3) is 0.400. The Bertz CT molecular complexity index is 463. The van der Waals surface area contributed by atoms with E-state index in [9.17, 15) is 0 Å². The lowest BCUT2D eigenvalue weighted by molar-refractivity contribution is 0.408. The van der Waals surface area contributed by atoms with Crippen molar-refractivity contribution < 1.29 is 0 Å². The molecule has 5 heteroatoms. The van der Waals surface area contributed by atoms with E-state index in [1.807, 2.05) is 36.9 Å². The Labute approximate surface area is 97.0 Å². The Morgan fingerprint density at radius 2 is 2.20 bits per heavy atom. The molecule has 0 aliphatic rings. The van der Waals surface area contributed by atoms with Crippen LogP contribution in [-0.2, 0) is 6.42 Å². The number of hydrogen-bond acceptors (Lipinski definition) is 3. The van der Waals surface area contributed by atoms with Crippen LogP contribution < -0.4 is 0 Å². The lowest BCUT2D eigenvalue weighted by Crippen LogP contribution is -2.17. The topological polar surface area (TPSA) is 33.4 Å². The molecule has 15 heavy (non-hydrogen) atoms.